The first kappa shape index (κ1) is 11.5. The molecule has 0 unspecified atom stereocenters. The number of carbonyl (C=O) groups is 1. The van der Waals surface area contributed by atoms with E-state index in [0.717, 1.165) is 5.56 Å². The van der Waals surface area contributed by atoms with Gasteiger partial charge in [-0.15, -0.1) is 0 Å². The summed E-state index contributed by atoms with van der Waals surface area (Å²) in [7, 11) is 0. The van der Waals surface area contributed by atoms with Crippen LogP contribution in [0.4, 0.5) is 0 Å². The minimum Gasteiger partial charge on any atom is -0.324 e. The second-order valence-corrected chi connectivity index (χ2v) is 3.82. The summed E-state index contributed by atoms with van der Waals surface area (Å²) >= 11 is 11.7. The Morgan fingerprint density at radius 3 is 2.64 bits per heavy atom. The number of halogens is 2. The molecule has 1 aromatic carbocycles. The number of ketones is 1. The number of benzene rings is 1. The Kier molecular flexibility index (Phi) is 4.39. The van der Waals surface area contributed by atoms with Crippen LogP contribution < -0.4 is 5.73 Å². The maximum absolute atomic E-state index is 11.0. The van der Waals surface area contributed by atoms with Gasteiger partial charge in [-0.2, -0.15) is 0 Å². The fourth-order valence-corrected chi connectivity index (χ4v) is 1.60. The van der Waals surface area contributed by atoms with Crippen molar-refractivity contribution in [3.05, 3.63) is 33.8 Å². The molecule has 0 aromatic heterocycles. The third kappa shape index (κ3) is 3.29. The standard InChI is InChI=1S/C10H11Cl2NO/c11-8-3-1-7(10(12)5-8)2-4-9(14)6-13/h1,3,5H,2,4,6,13H2. The van der Waals surface area contributed by atoms with E-state index in [-0.39, 0.29) is 12.3 Å². The smallest absolute Gasteiger partial charge is 0.146 e. The number of Topliss-reactive ketones (excluding diaryl/α,β-unsaturated/α-hetero) is 1. The Balaban J connectivity index is 2.63. The Labute approximate surface area is 93.0 Å². The molecule has 0 bridgehead atoms. The van der Waals surface area contributed by atoms with Crippen LogP contribution in [-0.4, -0.2) is 12.3 Å². The molecule has 0 heterocycles. The second-order valence-electron chi connectivity index (χ2n) is 2.98. The average Bonchev–Trinajstić information content (AvgIpc) is 2.16. The van der Waals surface area contributed by atoms with Gasteiger partial charge in [-0.3, -0.25) is 4.79 Å². The monoisotopic (exact) mass is 231 g/mol. The zero-order valence-electron chi connectivity index (χ0n) is 7.59. The quantitative estimate of drug-likeness (QED) is 0.866. The highest BCUT2D eigenvalue weighted by molar-refractivity contribution is 6.35. The highest BCUT2D eigenvalue weighted by Crippen LogP contribution is 2.21. The molecule has 0 amide bonds. The molecule has 0 atom stereocenters. The molecule has 2 nitrogen and oxygen atoms in total. The van der Waals surface area contributed by atoms with Gasteiger partial charge in [0.15, 0.2) is 0 Å². The van der Waals surface area contributed by atoms with Crippen LogP contribution in [0.2, 0.25) is 10.0 Å². The van der Waals surface area contributed by atoms with Gasteiger partial charge in [0.05, 0.1) is 6.54 Å². The van der Waals surface area contributed by atoms with E-state index in [1.54, 1.807) is 12.1 Å². The topological polar surface area (TPSA) is 43.1 Å². The van der Waals surface area contributed by atoms with E-state index in [1.165, 1.54) is 0 Å². The third-order valence-electron chi connectivity index (χ3n) is 1.92. The number of rotatable bonds is 4. The molecule has 0 aliphatic rings. The first-order chi connectivity index (χ1) is 6.63. The largest absolute Gasteiger partial charge is 0.324 e. The van der Waals surface area contributed by atoms with Crippen molar-refractivity contribution >= 4 is 29.0 Å². The number of aryl methyl sites for hydroxylation is 1. The Bertz CT molecular complexity index is 339. The highest BCUT2D eigenvalue weighted by atomic mass is 35.5. The first-order valence-electron chi connectivity index (χ1n) is 4.29. The molecule has 2 N–H and O–H groups in total. The lowest BCUT2D eigenvalue weighted by Gasteiger charge is -2.03. The van der Waals surface area contributed by atoms with E-state index in [0.29, 0.717) is 22.9 Å². The first-order valence-corrected chi connectivity index (χ1v) is 5.04. The molecule has 0 aliphatic heterocycles. The number of hydrogen-bond acceptors (Lipinski definition) is 2. The van der Waals surface area contributed by atoms with Crippen LogP contribution in [0, 0.1) is 0 Å². The lowest BCUT2D eigenvalue weighted by molar-refractivity contribution is -0.117. The van der Waals surface area contributed by atoms with Crippen molar-refractivity contribution in [2.75, 3.05) is 6.54 Å². The minimum absolute atomic E-state index is 0.0380. The van der Waals surface area contributed by atoms with Gasteiger partial charge in [0, 0.05) is 16.5 Å². The molecule has 0 spiro atoms. The van der Waals surface area contributed by atoms with Crippen LogP contribution in [0.15, 0.2) is 18.2 Å². The average molecular weight is 232 g/mol. The van der Waals surface area contributed by atoms with Gasteiger partial charge in [-0.05, 0) is 24.1 Å². The van der Waals surface area contributed by atoms with Crippen LogP contribution in [-0.2, 0) is 11.2 Å². The van der Waals surface area contributed by atoms with Crippen molar-refractivity contribution in [3.8, 4) is 0 Å². The highest BCUT2D eigenvalue weighted by Gasteiger charge is 2.04. The van der Waals surface area contributed by atoms with Crippen molar-refractivity contribution in [3.63, 3.8) is 0 Å². The fraction of sp³-hybridized carbons (Fsp3) is 0.300. The zero-order chi connectivity index (χ0) is 10.6. The Hall–Kier alpha value is -0.570. The molecule has 0 fully saturated rings. The summed E-state index contributed by atoms with van der Waals surface area (Å²) in [5.74, 6) is 0.0380. The van der Waals surface area contributed by atoms with E-state index < -0.39 is 0 Å². The summed E-state index contributed by atoms with van der Waals surface area (Å²) in [6, 6.07) is 5.26. The van der Waals surface area contributed by atoms with Gasteiger partial charge in [0.25, 0.3) is 0 Å². The molecule has 76 valence electrons. The summed E-state index contributed by atoms with van der Waals surface area (Å²) in [4.78, 5) is 11.0. The van der Waals surface area contributed by atoms with Crippen LogP contribution in [0.5, 0.6) is 0 Å². The number of nitrogens with two attached hydrogens (primary N) is 1. The lowest BCUT2D eigenvalue weighted by Crippen LogP contribution is -2.13. The van der Waals surface area contributed by atoms with E-state index in [2.05, 4.69) is 0 Å². The van der Waals surface area contributed by atoms with E-state index >= 15 is 0 Å². The van der Waals surface area contributed by atoms with Crippen LogP contribution in [0.3, 0.4) is 0 Å². The molecule has 0 radical (unpaired) electrons. The van der Waals surface area contributed by atoms with Gasteiger partial charge in [-0.1, -0.05) is 29.3 Å². The van der Waals surface area contributed by atoms with Crippen molar-refractivity contribution in [2.24, 2.45) is 5.73 Å². The predicted molar refractivity (Wildman–Crippen MR) is 58.8 cm³/mol. The van der Waals surface area contributed by atoms with Crippen molar-refractivity contribution in [2.45, 2.75) is 12.8 Å². The van der Waals surface area contributed by atoms with Crippen LogP contribution >= 0.6 is 23.2 Å². The van der Waals surface area contributed by atoms with Gasteiger partial charge in [0.2, 0.25) is 0 Å². The van der Waals surface area contributed by atoms with Crippen LogP contribution in [0.1, 0.15) is 12.0 Å². The van der Waals surface area contributed by atoms with Gasteiger partial charge >= 0.3 is 0 Å². The second kappa shape index (κ2) is 5.35. The maximum Gasteiger partial charge on any atom is 0.146 e. The molecule has 1 aromatic rings. The third-order valence-corrected chi connectivity index (χ3v) is 2.50. The van der Waals surface area contributed by atoms with Crippen molar-refractivity contribution in [1.29, 1.82) is 0 Å². The van der Waals surface area contributed by atoms with Crippen molar-refractivity contribution < 1.29 is 4.79 Å². The summed E-state index contributed by atoms with van der Waals surface area (Å²) in [6.45, 7) is 0.0885. The molecular weight excluding hydrogens is 221 g/mol. The predicted octanol–water partition coefficient (Wildman–Crippen LogP) is 2.45. The lowest BCUT2D eigenvalue weighted by atomic mass is 10.1. The van der Waals surface area contributed by atoms with Gasteiger partial charge in [0.1, 0.15) is 5.78 Å². The van der Waals surface area contributed by atoms with Gasteiger partial charge in [-0.25, -0.2) is 0 Å². The van der Waals surface area contributed by atoms with Crippen molar-refractivity contribution in [1.82, 2.24) is 0 Å². The normalized spacial score (nSPS) is 10.2. The molecule has 4 heteroatoms. The summed E-state index contributed by atoms with van der Waals surface area (Å²) < 4.78 is 0. The van der Waals surface area contributed by atoms with E-state index in [9.17, 15) is 4.79 Å². The number of carbonyl (C=O) groups excluding carboxylic acids is 1. The zero-order valence-corrected chi connectivity index (χ0v) is 9.11. The Morgan fingerprint density at radius 1 is 1.36 bits per heavy atom. The fourth-order valence-electron chi connectivity index (χ4n) is 1.10. The molecule has 0 aliphatic carbocycles. The molecule has 14 heavy (non-hydrogen) atoms. The van der Waals surface area contributed by atoms with Gasteiger partial charge < -0.3 is 5.73 Å². The summed E-state index contributed by atoms with van der Waals surface area (Å²) in [5.41, 5.74) is 6.12. The number of hydrogen-bond donors (Lipinski definition) is 1. The van der Waals surface area contributed by atoms with E-state index in [4.69, 9.17) is 28.9 Å². The Morgan fingerprint density at radius 2 is 2.07 bits per heavy atom. The summed E-state index contributed by atoms with van der Waals surface area (Å²) in [5, 5.41) is 1.20. The SMILES string of the molecule is NCC(=O)CCc1ccc(Cl)cc1Cl. The minimum atomic E-state index is 0.0380. The molecule has 1 rings (SSSR count). The molecule has 0 saturated heterocycles. The summed E-state index contributed by atoms with van der Waals surface area (Å²) in [6.07, 6.45) is 1.05. The molecule has 0 saturated carbocycles. The maximum atomic E-state index is 11.0. The van der Waals surface area contributed by atoms with E-state index in [1.807, 2.05) is 6.07 Å². The molecular formula is C10H11Cl2NO. The van der Waals surface area contributed by atoms with Crippen LogP contribution in [0.25, 0.3) is 0 Å².